The summed E-state index contributed by atoms with van der Waals surface area (Å²) < 4.78 is 0. The van der Waals surface area contributed by atoms with Crippen molar-refractivity contribution in [2.24, 2.45) is 11.5 Å². The maximum atomic E-state index is 10.6. The molecule has 6 nitrogen and oxygen atoms in total. The van der Waals surface area contributed by atoms with Gasteiger partial charge in [-0.15, -0.1) is 0 Å². The van der Waals surface area contributed by atoms with Gasteiger partial charge in [-0.05, 0) is 12.8 Å². The van der Waals surface area contributed by atoms with Gasteiger partial charge in [0.1, 0.15) is 0 Å². The molecule has 0 aromatic rings. The highest BCUT2D eigenvalue weighted by Crippen LogP contribution is 1.93. The van der Waals surface area contributed by atoms with Crippen LogP contribution in [0.3, 0.4) is 0 Å². The van der Waals surface area contributed by atoms with Crippen LogP contribution in [-0.2, 0) is 9.59 Å². The number of hydrogen-bond acceptors (Lipinski definition) is 4. The number of carbonyl (C=O) groups excluding carboxylic acids is 3. The van der Waals surface area contributed by atoms with E-state index < -0.39 is 17.9 Å². The Labute approximate surface area is 75.6 Å². The molecule has 0 spiro atoms. The lowest BCUT2D eigenvalue weighted by molar-refractivity contribution is -0.130. The third kappa shape index (κ3) is 5.80. The Balaban J connectivity index is 3.47. The molecule has 0 saturated carbocycles. The summed E-state index contributed by atoms with van der Waals surface area (Å²) >= 11 is 0. The number of rotatable bonds is 6. The molecule has 0 aliphatic heterocycles. The predicted octanol–water partition coefficient (Wildman–Crippen LogP) is -1.47. The van der Waals surface area contributed by atoms with Crippen LogP contribution in [-0.4, -0.2) is 30.7 Å². The molecular formula is C7H13N3O3. The quantitative estimate of drug-likeness (QED) is 0.267. The lowest BCUT2D eigenvalue weighted by Gasteiger charge is -2.06. The Morgan fingerprint density at radius 3 is 2.54 bits per heavy atom. The Bertz CT molecular complexity index is 205. The summed E-state index contributed by atoms with van der Waals surface area (Å²) in [5.74, 6) is -0.626. The van der Waals surface area contributed by atoms with Crippen LogP contribution < -0.4 is 16.8 Å². The molecule has 13 heavy (non-hydrogen) atoms. The molecule has 1 atom stereocenters. The molecule has 74 valence electrons. The molecule has 0 bridgehead atoms. The number of Topliss-reactive ketones (excluding diaryl/α,β-unsaturated/α-hetero) is 1. The minimum atomic E-state index is -0.771. The third-order valence-electron chi connectivity index (χ3n) is 1.47. The van der Waals surface area contributed by atoms with Crippen LogP contribution in [0.2, 0.25) is 0 Å². The number of amides is 2. The summed E-state index contributed by atoms with van der Waals surface area (Å²) in [5.41, 5.74) is 10.1. The van der Waals surface area contributed by atoms with E-state index in [0.29, 0.717) is 19.4 Å². The molecule has 0 fully saturated rings. The molecule has 0 radical (unpaired) electrons. The predicted molar refractivity (Wildman–Crippen MR) is 45.9 cm³/mol. The highest BCUT2D eigenvalue weighted by molar-refractivity contribution is 6.27. The fraction of sp³-hybridized carbons (Fsp3) is 0.571. The van der Waals surface area contributed by atoms with Crippen molar-refractivity contribution in [2.45, 2.75) is 18.9 Å². The zero-order valence-electron chi connectivity index (χ0n) is 7.16. The maximum Gasteiger partial charge on any atom is 0.312 e. The van der Waals surface area contributed by atoms with Crippen molar-refractivity contribution in [2.75, 3.05) is 6.54 Å². The number of carbonyl (C=O) groups is 3. The maximum absolute atomic E-state index is 10.6. The molecule has 2 amide bonds. The minimum Gasteiger partial charge on any atom is -0.352 e. The van der Waals surface area contributed by atoms with E-state index in [1.54, 1.807) is 0 Å². The summed E-state index contributed by atoms with van der Waals surface area (Å²) in [6.07, 6.45) is 1.08. The zero-order chi connectivity index (χ0) is 10.3. The van der Waals surface area contributed by atoms with Crippen LogP contribution in [0.25, 0.3) is 0 Å². The van der Waals surface area contributed by atoms with Crippen molar-refractivity contribution in [3.05, 3.63) is 0 Å². The van der Waals surface area contributed by atoms with Gasteiger partial charge in [-0.3, -0.25) is 9.59 Å². The number of nitrogens with one attached hydrogen (secondary N) is 1. The lowest BCUT2D eigenvalue weighted by atomic mass is 10.1. The first kappa shape index (κ1) is 11.6. The second-order valence-electron chi connectivity index (χ2n) is 2.56. The minimum absolute atomic E-state index is 0.201. The van der Waals surface area contributed by atoms with E-state index in [4.69, 9.17) is 11.5 Å². The highest BCUT2D eigenvalue weighted by atomic mass is 16.2. The first-order valence-corrected chi connectivity index (χ1v) is 3.86. The number of ketones is 1. The SMILES string of the molecule is NC(=O)NCCC[C@H](N)C(=O)C=O. The molecule has 6 heteroatoms. The molecule has 0 aliphatic carbocycles. The van der Waals surface area contributed by atoms with E-state index in [1.807, 2.05) is 0 Å². The summed E-state index contributed by atoms with van der Waals surface area (Å²) in [4.78, 5) is 30.8. The van der Waals surface area contributed by atoms with Crippen molar-refractivity contribution in [1.82, 2.24) is 5.32 Å². The molecule has 0 aromatic carbocycles. The number of urea groups is 1. The summed E-state index contributed by atoms with van der Waals surface area (Å²) in [6, 6.07) is -1.39. The van der Waals surface area contributed by atoms with Crippen LogP contribution in [0.4, 0.5) is 4.79 Å². The standard InChI is InChI=1S/C7H13N3O3/c8-5(6(12)4-11)2-1-3-10-7(9)13/h4-5H,1-3,8H2,(H3,9,10,13)/t5-/m0/s1. The van der Waals surface area contributed by atoms with Crippen LogP contribution in [0.15, 0.2) is 0 Å². The highest BCUT2D eigenvalue weighted by Gasteiger charge is 2.10. The van der Waals surface area contributed by atoms with Crippen LogP contribution in [0, 0.1) is 0 Å². The van der Waals surface area contributed by atoms with Gasteiger partial charge in [0.25, 0.3) is 0 Å². The van der Waals surface area contributed by atoms with E-state index in [-0.39, 0.29) is 6.29 Å². The van der Waals surface area contributed by atoms with Gasteiger partial charge in [0.2, 0.25) is 5.78 Å². The van der Waals surface area contributed by atoms with Crippen molar-refractivity contribution in [1.29, 1.82) is 0 Å². The van der Waals surface area contributed by atoms with Gasteiger partial charge in [0.15, 0.2) is 6.29 Å². The second-order valence-corrected chi connectivity index (χ2v) is 2.56. The van der Waals surface area contributed by atoms with E-state index in [1.165, 1.54) is 0 Å². The van der Waals surface area contributed by atoms with Gasteiger partial charge in [0.05, 0.1) is 6.04 Å². The zero-order valence-corrected chi connectivity index (χ0v) is 7.16. The van der Waals surface area contributed by atoms with Gasteiger partial charge < -0.3 is 16.8 Å². The monoisotopic (exact) mass is 187 g/mol. The molecule has 5 N–H and O–H groups in total. The number of primary amides is 1. The van der Waals surface area contributed by atoms with Crippen LogP contribution >= 0.6 is 0 Å². The number of aldehydes is 1. The van der Waals surface area contributed by atoms with E-state index in [0.717, 1.165) is 0 Å². The largest absolute Gasteiger partial charge is 0.352 e. The summed E-state index contributed by atoms with van der Waals surface area (Å²) in [7, 11) is 0. The topological polar surface area (TPSA) is 115 Å². The summed E-state index contributed by atoms with van der Waals surface area (Å²) in [5, 5.41) is 2.34. The van der Waals surface area contributed by atoms with Gasteiger partial charge in [-0.1, -0.05) is 0 Å². The van der Waals surface area contributed by atoms with Crippen molar-refractivity contribution in [3.63, 3.8) is 0 Å². The van der Waals surface area contributed by atoms with Crippen LogP contribution in [0.5, 0.6) is 0 Å². The summed E-state index contributed by atoms with van der Waals surface area (Å²) in [6.45, 7) is 0.356. The van der Waals surface area contributed by atoms with Gasteiger partial charge in [0, 0.05) is 6.54 Å². The van der Waals surface area contributed by atoms with E-state index >= 15 is 0 Å². The average molecular weight is 187 g/mol. The van der Waals surface area contributed by atoms with Crippen molar-refractivity contribution >= 4 is 18.1 Å². The molecule has 0 heterocycles. The smallest absolute Gasteiger partial charge is 0.312 e. The molecular weight excluding hydrogens is 174 g/mol. The van der Waals surface area contributed by atoms with E-state index in [2.05, 4.69) is 5.32 Å². The van der Waals surface area contributed by atoms with E-state index in [9.17, 15) is 14.4 Å². The molecule has 0 rings (SSSR count). The van der Waals surface area contributed by atoms with Gasteiger partial charge in [-0.25, -0.2) is 4.79 Å². The first-order chi connectivity index (χ1) is 6.07. The average Bonchev–Trinajstić information content (AvgIpc) is 2.10. The Morgan fingerprint density at radius 1 is 1.46 bits per heavy atom. The second kappa shape index (κ2) is 6.13. The molecule has 0 unspecified atom stereocenters. The Hall–Kier alpha value is -1.43. The normalized spacial score (nSPS) is 11.8. The molecule has 0 saturated heterocycles. The fourth-order valence-electron chi connectivity index (χ4n) is 0.763. The van der Waals surface area contributed by atoms with Gasteiger partial charge >= 0.3 is 6.03 Å². The lowest BCUT2D eigenvalue weighted by Crippen LogP contribution is -2.34. The molecule has 0 aromatic heterocycles. The third-order valence-corrected chi connectivity index (χ3v) is 1.47. The number of nitrogens with two attached hydrogens (primary N) is 2. The number of hydrogen-bond donors (Lipinski definition) is 3. The Morgan fingerprint density at radius 2 is 2.08 bits per heavy atom. The van der Waals surface area contributed by atoms with Crippen molar-refractivity contribution in [3.8, 4) is 0 Å². The van der Waals surface area contributed by atoms with Crippen molar-refractivity contribution < 1.29 is 14.4 Å². The molecule has 0 aliphatic rings. The first-order valence-electron chi connectivity index (χ1n) is 3.86. The fourth-order valence-corrected chi connectivity index (χ4v) is 0.763. The van der Waals surface area contributed by atoms with Crippen LogP contribution in [0.1, 0.15) is 12.8 Å². The van der Waals surface area contributed by atoms with Gasteiger partial charge in [-0.2, -0.15) is 0 Å². The Kier molecular flexibility index (Phi) is 5.45.